The molecule has 0 saturated carbocycles. The van der Waals surface area contributed by atoms with Gasteiger partial charge >= 0.3 is 0 Å². The van der Waals surface area contributed by atoms with Gasteiger partial charge in [-0.2, -0.15) is 0 Å². The summed E-state index contributed by atoms with van der Waals surface area (Å²) in [6.45, 7) is 4.35. The largest absolute Gasteiger partial charge is 0.497 e. The van der Waals surface area contributed by atoms with Crippen LogP contribution in [-0.4, -0.2) is 24.0 Å². The standard InChI is InChI=1S/C29H40N2O2/c1-4-6-7-8-14-25(26-18-20-28(33-3)21-19-26)15-10-17-29(32)31-27(5-2)16-9-12-24-13-11-22-30-23-24/h10-11,13,15,17-23,27H,4-9,12,14,16H2,1-3H3,(H,31,32)/b17-10+,25-15+/t27-/m0/s1. The third-order valence-corrected chi connectivity index (χ3v) is 5.89. The minimum absolute atomic E-state index is 0.0282. The minimum atomic E-state index is -0.0282. The highest BCUT2D eigenvalue weighted by atomic mass is 16.5. The van der Waals surface area contributed by atoms with Crippen LogP contribution in [0.3, 0.4) is 0 Å². The predicted octanol–water partition coefficient (Wildman–Crippen LogP) is 6.92. The summed E-state index contributed by atoms with van der Waals surface area (Å²) in [6.07, 6.45) is 19.1. The topological polar surface area (TPSA) is 51.2 Å². The molecule has 0 aliphatic rings. The lowest BCUT2D eigenvalue weighted by Gasteiger charge is -2.15. The second-order valence-electron chi connectivity index (χ2n) is 8.46. The third kappa shape index (κ3) is 10.5. The van der Waals surface area contributed by atoms with E-state index >= 15 is 0 Å². The van der Waals surface area contributed by atoms with E-state index in [0.29, 0.717) is 0 Å². The average molecular weight is 449 g/mol. The van der Waals surface area contributed by atoms with Crippen molar-refractivity contribution in [2.45, 2.75) is 77.7 Å². The van der Waals surface area contributed by atoms with Crippen molar-refractivity contribution in [1.82, 2.24) is 10.3 Å². The van der Waals surface area contributed by atoms with E-state index in [0.717, 1.165) is 44.3 Å². The summed E-state index contributed by atoms with van der Waals surface area (Å²) >= 11 is 0. The van der Waals surface area contributed by atoms with Crippen LogP contribution in [0.1, 0.15) is 76.3 Å². The number of methoxy groups -OCH3 is 1. The highest BCUT2D eigenvalue weighted by molar-refractivity contribution is 5.88. The van der Waals surface area contributed by atoms with Crippen LogP contribution >= 0.6 is 0 Å². The number of aryl methyl sites for hydroxylation is 1. The van der Waals surface area contributed by atoms with Crippen LogP contribution in [0, 0.1) is 0 Å². The van der Waals surface area contributed by atoms with Crippen LogP contribution in [-0.2, 0) is 11.2 Å². The molecule has 2 rings (SSSR count). The Morgan fingerprint density at radius 2 is 1.91 bits per heavy atom. The SMILES string of the molecule is CCCCCC/C(=C\C=C\C(=O)N[C@@H](CC)CCCc1cccnc1)c1ccc(OC)cc1. The molecule has 1 aromatic carbocycles. The summed E-state index contributed by atoms with van der Waals surface area (Å²) in [6, 6.07) is 12.4. The second kappa shape index (κ2) is 15.8. The maximum atomic E-state index is 12.5. The number of rotatable bonds is 15. The molecule has 4 heteroatoms. The van der Waals surface area contributed by atoms with Crippen molar-refractivity contribution < 1.29 is 9.53 Å². The minimum Gasteiger partial charge on any atom is -0.497 e. The van der Waals surface area contributed by atoms with Crippen LogP contribution in [0.4, 0.5) is 0 Å². The Bertz CT molecular complexity index is 857. The molecule has 0 aliphatic heterocycles. The summed E-state index contributed by atoms with van der Waals surface area (Å²) in [7, 11) is 1.68. The van der Waals surface area contributed by atoms with Gasteiger partial charge in [0.1, 0.15) is 5.75 Å². The average Bonchev–Trinajstić information content (AvgIpc) is 2.85. The van der Waals surface area contributed by atoms with Crippen molar-refractivity contribution in [2.24, 2.45) is 0 Å². The van der Waals surface area contributed by atoms with Crippen molar-refractivity contribution in [2.75, 3.05) is 7.11 Å². The predicted molar refractivity (Wildman–Crippen MR) is 138 cm³/mol. The Balaban J connectivity index is 1.91. The molecule has 1 N–H and O–H groups in total. The fraction of sp³-hybridized carbons (Fsp3) is 0.448. The number of aromatic nitrogens is 1. The molecular formula is C29H40N2O2. The Morgan fingerprint density at radius 3 is 2.58 bits per heavy atom. The monoisotopic (exact) mass is 448 g/mol. The van der Waals surface area contributed by atoms with Gasteiger partial charge in [-0.05, 0) is 73.4 Å². The first kappa shape index (κ1) is 26.4. The van der Waals surface area contributed by atoms with E-state index in [-0.39, 0.29) is 11.9 Å². The highest BCUT2D eigenvalue weighted by Crippen LogP contribution is 2.24. The first-order chi connectivity index (χ1) is 16.2. The van der Waals surface area contributed by atoms with Gasteiger partial charge in [-0.25, -0.2) is 0 Å². The molecule has 1 aromatic heterocycles. The summed E-state index contributed by atoms with van der Waals surface area (Å²) in [5.74, 6) is 0.827. The quantitative estimate of drug-likeness (QED) is 0.183. The fourth-order valence-corrected chi connectivity index (χ4v) is 3.85. The first-order valence-electron chi connectivity index (χ1n) is 12.4. The molecule has 0 aliphatic carbocycles. The molecule has 2 aromatic rings. The van der Waals surface area contributed by atoms with Crippen molar-refractivity contribution in [3.8, 4) is 5.75 Å². The molecule has 4 nitrogen and oxygen atoms in total. The van der Waals surface area contributed by atoms with Crippen molar-refractivity contribution in [3.63, 3.8) is 0 Å². The van der Waals surface area contributed by atoms with Gasteiger partial charge in [-0.3, -0.25) is 9.78 Å². The fourth-order valence-electron chi connectivity index (χ4n) is 3.85. The number of amides is 1. The number of carbonyl (C=O) groups is 1. The molecule has 0 saturated heterocycles. The molecule has 1 atom stereocenters. The van der Waals surface area contributed by atoms with Gasteiger partial charge in [0.2, 0.25) is 5.91 Å². The molecule has 1 heterocycles. The van der Waals surface area contributed by atoms with E-state index in [1.54, 1.807) is 19.4 Å². The maximum absolute atomic E-state index is 12.5. The summed E-state index contributed by atoms with van der Waals surface area (Å²) < 4.78 is 5.29. The van der Waals surface area contributed by atoms with Crippen molar-refractivity contribution >= 4 is 11.5 Å². The number of nitrogens with one attached hydrogen (secondary N) is 1. The Hall–Kier alpha value is -2.88. The number of hydrogen-bond acceptors (Lipinski definition) is 3. The number of carbonyl (C=O) groups excluding carboxylic acids is 1. The zero-order valence-corrected chi connectivity index (χ0v) is 20.6. The number of ether oxygens (including phenoxy) is 1. The molecular weight excluding hydrogens is 408 g/mol. The molecule has 33 heavy (non-hydrogen) atoms. The van der Waals surface area contributed by atoms with E-state index in [1.807, 2.05) is 30.5 Å². The number of allylic oxidation sites excluding steroid dienone is 3. The van der Waals surface area contributed by atoms with Crippen LogP contribution in [0.5, 0.6) is 5.75 Å². The van der Waals surface area contributed by atoms with Gasteiger partial charge in [0.15, 0.2) is 0 Å². The molecule has 0 radical (unpaired) electrons. The van der Waals surface area contributed by atoms with E-state index in [1.165, 1.54) is 36.0 Å². The van der Waals surface area contributed by atoms with Crippen molar-refractivity contribution in [1.29, 1.82) is 0 Å². The first-order valence-corrected chi connectivity index (χ1v) is 12.4. The molecule has 178 valence electrons. The zero-order chi connectivity index (χ0) is 23.7. The maximum Gasteiger partial charge on any atom is 0.244 e. The number of nitrogens with zero attached hydrogens (tertiary/aromatic N) is 1. The van der Waals surface area contributed by atoms with E-state index in [4.69, 9.17) is 4.74 Å². The normalized spacial score (nSPS) is 12.6. The second-order valence-corrected chi connectivity index (χ2v) is 8.46. The molecule has 0 fully saturated rings. The zero-order valence-electron chi connectivity index (χ0n) is 20.6. The molecule has 0 spiro atoms. The van der Waals surface area contributed by atoms with Crippen LogP contribution in [0.25, 0.3) is 5.57 Å². The smallest absolute Gasteiger partial charge is 0.244 e. The number of benzene rings is 1. The Kier molecular flexibility index (Phi) is 12.7. The van der Waals surface area contributed by atoms with Crippen LogP contribution in [0.15, 0.2) is 67.0 Å². The number of hydrogen-bond donors (Lipinski definition) is 1. The third-order valence-electron chi connectivity index (χ3n) is 5.89. The summed E-state index contributed by atoms with van der Waals surface area (Å²) in [4.78, 5) is 16.7. The lowest BCUT2D eigenvalue weighted by Crippen LogP contribution is -2.33. The van der Waals surface area contributed by atoms with Gasteiger partial charge in [0, 0.05) is 24.5 Å². The number of unbranched alkanes of at least 4 members (excludes halogenated alkanes) is 3. The van der Waals surface area contributed by atoms with E-state index < -0.39 is 0 Å². The summed E-state index contributed by atoms with van der Waals surface area (Å²) in [5, 5.41) is 3.15. The molecule has 0 unspecified atom stereocenters. The molecule has 1 amide bonds. The highest BCUT2D eigenvalue weighted by Gasteiger charge is 2.08. The number of pyridine rings is 1. The molecule has 0 bridgehead atoms. The lowest BCUT2D eigenvalue weighted by molar-refractivity contribution is -0.117. The summed E-state index contributed by atoms with van der Waals surface area (Å²) in [5.41, 5.74) is 3.68. The Labute approximate surface area is 200 Å². The van der Waals surface area contributed by atoms with Gasteiger partial charge < -0.3 is 10.1 Å². The van der Waals surface area contributed by atoms with Crippen molar-refractivity contribution in [3.05, 3.63) is 78.1 Å². The van der Waals surface area contributed by atoms with Gasteiger partial charge in [-0.15, -0.1) is 0 Å². The van der Waals surface area contributed by atoms with Crippen LogP contribution in [0.2, 0.25) is 0 Å². The Morgan fingerprint density at radius 1 is 1.09 bits per heavy atom. The van der Waals surface area contributed by atoms with E-state index in [9.17, 15) is 4.79 Å². The van der Waals surface area contributed by atoms with Crippen LogP contribution < -0.4 is 10.1 Å². The van der Waals surface area contributed by atoms with Gasteiger partial charge in [0.05, 0.1) is 7.11 Å². The lowest BCUT2D eigenvalue weighted by atomic mass is 9.98. The van der Waals surface area contributed by atoms with Gasteiger partial charge in [0.25, 0.3) is 0 Å². The van der Waals surface area contributed by atoms with Gasteiger partial charge in [-0.1, -0.05) is 63.5 Å². The van der Waals surface area contributed by atoms with E-state index in [2.05, 4.69) is 48.4 Å².